The van der Waals surface area contributed by atoms with Gasteiger partial charge in [0.2, 0.25) is 5.91 Å². The number of azo groups is 1. The number of aromatic hydroxyl groups is 1. The van der Waals surface area contributed by atoms with Crippen molar-refractivity contribution in [3.8, 4) is 5.75 Å². The van der Waals surface area contributed by atoms with E-state index in [-0.39, 0.29) is 87.0 Å². The normalized spacial score (nSPS) is 11.3. The minimum atomic E-state index is -4.78. The molecule has 0 spiro atoms. The quantitative estimate of drug-likeness (QED) is 0.0911. The first-order valence-electron chi connectivity index (χ1n) is 13.6. The van der Waals surface area contributed by atoms with E-state index >= 15 is 0 Å². The van der Waals surface area contributed by atoms with Gasteiger partial charge in [0, 0.05) is 28.9 Å². The van der Waals surface area contributed by atoms with Crippen LogP contribution in [0.1, 0.15) is 83.6 Å². The first-order valence-corrected chi connectivity index (χ1v) is 15.1. The molecule has 0 aliphatic rings. The minimum absolute atomic E-state index is 0. The molecule has 11 heteroatoms. The number of nitrogens with zero attached hydrogens (tertiary/aromatic N) is 2. The molecule has 41 heavy (non-hydrogen) atoms. The van der Waals surface area contributed by atoms with E-state index in [1.165, 1.54) is 76.3 Å². The molecule has 2 N–H and O–H groups in total. The summed E-state index contributed by atoms with van der Waals surface area (Å²) in [6, 6.07) is 14.0. The Bertz CT molecular complexity index is 1400. The van der Waals surface area contributed by atoms with Crippen molar-refractivity contribution in [2.45, 2.75) is 89.4 Å². The van der Waals surface area contributed by atoms with Gasteiger partial charge in [-0.15, -0.1) is 5.39 Å². The second kappa shape index (κ2) is 19.1. The van der Waals surface area contributed by atoms with Crippen molar-refractivity contribution >= 4 is 43.9 Å². The second-order valence-corrected chi connectivity index (χ2v) is 11.2. The van der Waals surface area contributed by atoms with E-state index in [4.69, 9.17) is 0 Å². The number of phenolic OH excluding ortho intramolecular Hbond substituents is 1. The number of aryl methyl sites for hydroxylation is 1. The Morgan fingerprint density at radius 3 is 2.07 bits per heavy atom. The molecule has 210 valence electrons. The standard InChI is InChI=1S/C30H38N3O5S.2Na/c1-3-4-5-6-7-8-9-10-11-12-13-23-14-17-25(18-15-23)32-33-27-19-16-24-20-26(39(36,37)38)21-28(31-22(2)34)29(24)30(27)35;;/h14-18,20-21,35H,3-13H2,1-2H3,(H,31,34)(H,36,37,38);;/q-1;2*+1/p-1. The van der Waals surface area contributed by atoms with Crippen LogP contribution in [0.25, 0.3) is 10.8 Å². The SMILES string of the molecule is CCCCCCCCCCCCc1ccc(N=Nc2[c-]cc3cc(S(=O)(=O)[O-])cc(NC(C)=O)c3c2O)cc1.[Na+].[Na+]. The van der Waals surface area contributed by atoms with Gasteiger partial charge in [0.05, 0.1) is 5.69 Å². The van der Waals surface area contributed by atoms with Crippen LogP contribution in [0.5, 0.6) is 5.75 Å². The van der Waals surface area contributed by atoms with E-state index in [2.05, 4.69) is 28.5 Å². The van der Waals surface area contributed by atoms with Crippen LogP contribution in [-0.2, 0) is 21.3 Å². The summed E-state index contributed by atoms with van der Waals surface area (Å²) in [7, 11) is -4.78. The number of unbranched alkanes of at least 4 members (excludes halogenated alkanes) is 9. The van der Waals surface area contributed by atoms with Crippen molar-refractivity contribution in [1.29, 1.82) is 0 Å². The summed E-state index contributed by atoms with van der Waals surface area (Å²) in [6.45, 7) is 3.48. The third kappa shape index (κ3) is 12.5. The Morgan fingerprint density at radius 1 is 0.927 bits per heavy atom. The predicted octanol–water partition coefficient (Wildman–Crippen LogP) is 2.09. The van der Waals surface area contributed by atoms with E-state index in [1.807, 2.05) is 24.3 Å². The Labute approximate surface area is 288 Å². The molecule has 0 saturated heterocycles. The number of nitrogens with one attached hydrogen (secondary N) is 1. The number of carbonyl (C=O) groups is 1. The number of phenols is 1. The minimum Gasteiger partial charge on any atom is -0.744 e. The molecule has 0 bridgehead atoms. The molecule has 0 saturated carbocycles. The van der Waals surface area contributed by atoms with Crippen LogP contribution in [0, 0.1) is 6.07 Å². The van der Waals surface area contributed by atoms with E-state index in [9.17, 15) is 22.9 Å². The number of amides is 1. The average Bonchev–Trinajstić information content (AvgIpc) is 2.89. The molecule has 3 aromatic carbocycles. The topological polar surface area (TPSA) is 131 Å². The van der Waals surface area contributed by atoms with Crippen molar-refractivity contribution in [1.82, 2.24) is 0 Å². The maximum Gasteiger partial charge on any atom is 1.00 e. The van der Waals surface area contributed by atoms with Gasteiger partial charge < -0.3 is 15.0 Å². The summed E-state index contributed by atoms with van der Waals surface area (Å²) in [5, 5.41) is 21.9. The fraction of sp³-hybridized carbons (Fsp3) is 0.433. The maximum atomic E-state index is 11.6. The molecule has 0 aliphatic heterocycles. The molecular weight excluding hydrogens is 560 g/mol. The molecule has 0 atom stereocenters. The van der Waals surface area contributed by atoms with Crippen molar-refractivity contribution in [3.05, 3.63) is 54.1 Å². The molecule has 3 rings (SSSR count). The van der Waals surface area contributed by atoms with Gasteiger partial charge in [-0.05, 0) is 36.6 Å². The Kier molecular flexibility index (Phi) is 17.6. The van der Waals surface area contributed by atoms with Gasteiger partial charge in [0.1, 0.15) is 10.1 Å². The third-order valence-electron chi connectivity index (χ3n) is 6.59. The van der Waals surface area contributed by atoms with Crippen LogP contribution in [0.2, 0.25) is 0 Å². The first kappa shape index (κ1) is 37.7. The number of anilines is 1. The van der Waals surface area contributed by atoms with Gasteiger partial charge >= 0.3 is 59.1 Å². The van der Waals surface area contributed by atoms with Crippen LogP contribution < -0.4 is 64.4 Å². The molecule has 0 heterocycles. The molecule has 0 unspecified atom stereocenters. The van der Waals surface area contributed by atoms with Crippen molar-refractivity contribution in [2.24, 2.45) is 10.2 Å². The van der Waals surface area contributed by atoms with Gasteiger partial charge in [-0.3, -0.25) is 4.79 Å². The number of rotatable bonds is 15. The van der Waals surface area contributed by atoms with E-state index in [0.29, 0.717) is 5.69 Å². The van der Waals surface area contributed by atoms with Gasteiger partial charge in [0.25, 0.3) is 0 Å². The number of benzene rings is 3. The number of fused-ring (bicyclic) bond motifs is 1. The van der Waals surface area contributed by atoms with Crippen molar-refractivity contribution in [2.75, 3.05) is 5.32 Å². The van der Waals surface area contributed by atoms with Crippen LogP contribution in [0.15, 0.2) is 57.6 Å². The van der Waals surface area contributed by atoms with Gasteiger partial charge in [0.15, 0.2) is 0 Å². The molecule has 8 nitrogen and oxygen atoms in total. The average molecular weight is 598 g/mol. The summed E-state index contributed by atoms with van der Waals surface area (Å²) in [5.41, 5.74) is 1.83. The van der Waals surface area contributed by atoms with Crippen LogP contribution in [0.4, 0.5) is 17.1 Å². The van der Waals surface area contributed by atoms with E-state index in [0.717, 1.165) is 25.0 Å². The molecule has 0 aromatic heterocycles. The molecule has 0 aliphatic carbocycles. The summed E-state index contributed by atoms with van der Waals surface area (Å²) in [5.74, 6) is -0.836. The summed E-state index contributed by atoms with van der Waals surface area (Å²) < 4.78 is 34.6. The van der Waals surface area contributed by atoms with Gasteiger partial charge in [-0.2, -0.15) is 22.4 Å². The number of hydrogen-bond acceptors (Lipinski definition) is 7. The summed E-state index contributed by atoms with van der Waals surface area (Å²) in [6.07, 6.45) is 14.1. The van der Waals surface area contributed by atoms with E-state index in [1.54, 1.807) is 0 Å². The van der Waals surface area contributed by atoms with Crippen molar-refractivity contribution in [3.63, 3.8) is 0 Å². The first-order chi connectivity index (χ1) is 18.7. The number of hydrogen-bond donors (Lipinski definition) is 2. The second-order valence-electron chi connectivity index (χ2n) is 9.85. The fourth-order valence-electron chi connectivity index (χ4n) is 4.51. The Hall–Kier alpha value is -1.30. The summed E-state index contributed by atoms with van der Waals surface area (Å²) >= 11 is 0. The van der Waals surface area contributed by atoms with Crippen LogP contribution in [-0.4, -0.2) is 24.0 Å². The molecule has 1 amide bonds. The zero-order valence-corrected chi connectivity index (χ0v) is 29.5. The van der Waals surface area contributed by atoms with Crippen LogP contribution in [0.3, 0.4) is 0 Å². The zero-order valence-electron chi connectivity index (χ0n) is 24.7. The Morgan fingerprint density at radius 2 is 1.51 bits per heavy atom. The molecular formula is C30H37N3Na2O5S. The predicted molar refractivity (Wildman–Crippen MR) is 153 cm³/mol. The fourth-order valence-corrected chi connectivity index (χ4v) is 5.04. The Balaban J connectivity index is 0.00000420. The summed E-state index contributed by atoms with van der Waals surface area (Å²) in [4.78, 5) is 11.1. The largest absolute Gasteiger partial charge is 1.00 e. The monoisotopic (exact) mass is 597 g/mol. The third-order valence-corrected chi connectivity index (χ3v) is 7.40. The molecule has 0 radical (unpaired) electrons. The van der Waals surface area contributed by atoms with E-state index < -0.39 is 20.9 Å². The number of carbonyl (C=O) groups excluding carboxylic acids is 1. The maximum absolute atomic E-state index is 11.6. The molecule has 3 aromatic rings. The smallest absolute Gasteiger partial charge is 0.744 e. The van der Waals surface area contributed by atoms with Gasteiger partial charge in [-0.1, -0.05) is 88.3 Å². The molecule has 0 fully saturated rings. The zero-order chi connectivity index (χ0) is 28.3. The van der Waals surface area contributed by atoms with Gasteiger partial charge in [-0.25, -0.2) is 8.42 Å². The van der Waals surface area contributed by atoms with Crippen molar-refractivity contribution < 1.29 is 82.0 Å². The van der Waals surface area contributed by atoms with Crippen LogP contribution >= 0.6 is 0 Å².